The zero-order valence-corrected chi connectivity index (χ0v) is 8.85. The number of carbonyl (C=O) groups excluding carboxylic acids is 1. The molecular weight excluding hydrogens is 162 g/mol. The molecule has 0 spiro atoms. The van der Waals surface area contributed by atoms with Crippen molar-refractivity contribution in [3.05, 3.63) is 0 Å². The topological polar surface area (TPSA) is 20.3 Å². The first-order valence-corrected chi connectivity index (χ1v) is 4.72. The molecule has 2 nitrogen and oxygen atoms in total. The van der Waals surface area contributed by atoms with E-state index in [4.69, 9.17) is 0 Å². The Balaban J connectivity index is 2.69. The van der Waals surface area contributed by atoms with Crippen molar-refractivity contribution in [2.45, 2.75) is 26.7 Å². The van der Waals surface area contributed by atoms with Gasteiger partial charge in [-0.3, -0.25) is 4.79 Å². The molecule has 0 saturated heterocycles. The van der Waals surface area contributed by atoms with Crippen molar-refractivity contribution >= 4 is 5.91 Å². The molecule has 13 heavy (non-hydrogen) atoms. The van der Waals surface area contributed by atoms with Gasteiger partial charge in [0.1, 0.15) is 5.41 Å². The molecule has 0 heterocycles. The lowest BCUT2D eigenvalue weighted by molar-refractivity contribution is -0.132. The van der Waals surface area contributed by atoms with Crippen molar-refractivity contribution in [1.82, 2.24) is 4.90 Å². The van der Waals surface area contributed by atoms with Crippen LogP contribution in [0.15, 0.2) is 0 Å². The molecule has 0 bridgehead atoms. The molecular formula is C11H17NO. The van der Waals surface area contributed by atoms with Crippen LogP contribution in [0.1, 0.15) is 26.7 Å². The largest absolute Gasteiger partial charge is 0.348 e. The smallest absolute Gasteiger partial charge is 0.240 e. The van der Waals surface area contributed by atoms with Gasteiger partial charge in [-0.05, 0) is 12.8 Å². The summed E-state index contributed by atoms with van der Waals surface area (Å²) in [6, 6.07) is 0. The molecule has 1 fully saturated rings. The summed E-state index contributed by atoms with van der Waals surface area (Å²) in [5.41, 5.74) is -0.312. The second-order valence-electron chi connectivity index (χ2n) is 4.21. The lowest BCUT2D eigenvalue weighted by Gasteiger charge is -2.14. The first-order valence-electron chi connectivity index (χ1n) is 4.72. The van der Waals surface area contributed by atoms with E-state index in [1.165, 1.54) is 0 Å². The van der Waals surface area contributed by atoms with Crippen LogP contribution >= 0.6 is 0 Å². The van der Waals surface area contributed by atoms with Crippen LogP contribution in [0.5, 0.6) is 0 Å². The van der Waals surface area contributed by atoms with Gasteiger partial charge in [0.2, 0.25) is 5.91 Å². The number of nitrogens with zero attached hydrogens (tertiary/aromatic N) is 1. The van der Waals surface area contributed by atoms with E-state index in [9.17, 15) is 4.79 Å². The van der Waals surface area contributed by atoms with Crippen LogP contribution in [-0.4, -0.2) is 24.9 Å². The van der Waals surface area contributed by atoms with E-state index < -0.39 is 0 Å². The molecule has 0 radical (unpaired) electrons. The third-order valence-corrected chi connectivity index (χ3v) is 2.17. The summed E-state index contributed by atoms with van der Waals surface area (Å²) < 4.78 is 0. The molecule has 0 aliphatic heterocycles. The maximum Gasteiger partial charge on any atom is 0.240 e. The first-order chi connectivity index (χ1) is 5.98. The molecule has 0 aromatic carbocycles. The molecule has 0 atom stereocenters. The van der Waals surface area contributed by atoms with Crippen LogP contribution in [0.25, 0.3) is 0 Å². The second-order valence-corrected chi connectivity index (χ2v) is 4.21. The van der Waals surface area contributed by atoms with Crippen molar-refractivity contribution < 1.29 is 4.79 Å². The van der Waals surface area contributed by atoms with E-state index >= 15 is 0 Å². The molecule has 1 aliphatic rings. The van der Waals surface area contributed by atoms with Crippen molar-refractivity contribution in [3.63, 3.8) is 0 Å². The molecule has 0 N–H and O–H groups in total. The zero-order valence-electron chi connectivity index (χ0n) is 8.85. The van der Waals surface area contributed by atoms with E-state index in [-0.39, 0.29) is 11.3 Å². The Kier molecular flexibility index (Phi) is 2.66. The molecule has 2 heteroatoms. The third kappa shape index (κ3) is 2.24. The summed E-state index contributed by atoms with van der Waals surface area (Å²) >= 11 is 0. The minimum Gasteiger partial charge on any atom is -0.348 e. The van der Waals surface area contributed by atoms with E-state index in [1.54, 1.807) is 19.0 Å². The summed E-state index contributed by atoms with van der Waals surface area (Å²) in [4.78, 5) is 13.3. The van der Waals surface area contributed by atoms with E-state index in [0.29, 0.717) is 5.92 Å². The summed E-state index contributed by atoms with van der Waals surface area (Å²) in [5.74, 6) is 6.72. The minimum atomic E-state index is -0.312. The Morgan fingerprint density at radius 3 is 2.23 bits per heavy atom. The van der Waals surface area contributed by atoms with Crippen LogP contribution in [0.3, 0.4) is 0 Å². The number of carbonyl (C=O) groups is 1. The average molecular weight is 179 g/mol. The van der Waals surface area contributed by atoms with Gasteiger partial charge in [-0.2, -0.15) is 0 Å². The lowest BCUT2D eigenvalue weighted by atomic mass is 10.1. The molecule has 1 amide bonds. The van der Waals surface area contributed by atoms with Crippen LogP contribution in [0, 0.1) is 23.2 Å². The van der Waals surface area contributed by atoms with Crippen molar-refractivity contribution in [2.24, 2.45) is 11.3 Å². The molecule has 1 saturated carbocycles. The van der Waals surface area contributed by atoms with E-state index in [1.807, 2.05) is 13.8 Å². The van der Waals surface area contributed by atoms with Gasteiger partial charge in [0.25, 0.3) is 0 Å². The number of hydrogen-bond donors (Lipinski definition) is 0. The molecule has 1 aliphatic carbocycles. The van der Waals surface area contributed by atoms with Gasteiger partial charge in [0, 0.05) is 20.0 Å². The number of hydrogen-bond acceptors (Lipinski definition) is 1. The molecule has 1 rings (SSSR count). The zero-order chi connectivity index (χ0) is 10.1. The van der Waals surface area contributed by atoms with E-state index in [2.05, 4.69) is 11.8 Å². The normalized spacial score (nSPS) is 17.6. The summed E-state index contributed by atoms with van der Waals surface area (Å²) in [7, 11) is 3.58. The molecule has 0 aromatic rings. The number of rotatable bonds is 1. The molecule has 0 unspecified atom stereocenters. The molecule has 72 valence electrons. The third-order valence-electron chi connectivity index (χ3n) is 2.17. The van der Waals surface area contributed by atoms with Crippen molar-refractivity contribution in [3.8, 4) is 11.8 Å². The summed E-state index contributed by atoms with van der Waals surface area (Å²) in [6.07, 6.45) is 1.87. The Bertz CT molecular complexity index is 264. The van der Waals surface area contributed by atoms with Crippen molar-refractivity contribution in [2.75, 3.05) is 14.1 Å². The highest BCUT2D eigenvalue weighted by Crippen LogP contribution is 2.46. The van der Waals surface area contributed by atoms with Gasteiger partial charge < -0.3 is 4.90 Å². The average Bonchev–Trinajstić information content (AvgIpc) is 2.80. The van der Waals surface area contributed by atoms with Gasteiger partial charge in [0.15, 0.2) is 0 Å². The highest BCUT2D eigenvalue weighted by Gasteiger charge is 2.49. The van der Waals surface area contributed by atoms with Gasteiger partial charge in [-0.15, -0.1) is 0 Å². The summed E-state index contributed by atoms with van der Waals surface area (Å²) in [5, 5.41) is 0. The van der Waals surface area contributed by atoms with Crippen LogP contribution < -0.4 is 0 Å². The Morgan fingerprint density at radius 2 is 1.92 bits per heavy atom. The SMILES string of the molecule is CC(C)C#CC1(C(=O)N(C)C)CC1. The van der Waals surface area contributed by atoms with Crippen LogP contribution in [0.4, 0.5) is 0 Å². The van der Waals surface area contributed by atoms with Crippen LogP contribution in [-0.2, 0) is 4.79 Å². The van der Waals surface area contributed by atoms with Gasteiger partial charge in [0.05, 0.1) is 0 Å². The maximum atomic E-state index is 11.7. The molecule has 0 aromatic heterocycles. The van der Waals surface area contributed by atoms with Gasteiger partial charge in [-0.25, -0.2) is 0 Å². The Morgan fingerprint density at radius 1 is 1.38 bits per heavy atom. The fraction of sp³-hybridized carbons (Fsp3) is 0.727. The summed E-state index contributed by atoms with van der Waals surface area (Å²) in [6.45, 7) is 4.09. The Hall–Kier alpha value is -0.970. The van der Waals surface area contributed by atoms with Crippen LogP contribution in [0.2, 0.25) is 0 Å². The quantitative estimate of drug-likeness (QED) is 0.559. The maximum absolute atomic E-state index is 11.7. The van der Waals surface area contributed by atoms with Crippen molar-refractivity contribution in [1.29, 1.82) is 0 Å². The van der Waals surface area contributed by atoms with E-state index in [0.717, 1.165) is 12.8 Å². The standard InChI is InChI=1S/C11H17NO/c1-9(2)5-6-11(7-8-11)10(13)12(3)4/h9H,7-8H2,1-4H3. The predicted octanol–water partition coefficient (Wildman–Crippen LogP) is 1.51. The van der Waals surface area contributed by atoms with Gasteiger partial charge in [-0.1, -0.05) is 25.7 Å². The fourth-order valence-electron chi connectivity index (χ4n) is 1.23. The monoisotopic (exact) mass is 179 g/mol. The highest BCUT2D eigenvalue weighted by atomic mass is 16.2. The highest BCUT2D eigenvalue weighted by molar-refractivity contribution is 5.88. The van der Waals surface area contributed by atoms with Gasteiger partial charge >= 0.3 is 0 Å². The minimum absolute atomic E-state index is 0.167. The fourth-order valence-corrected chi connectivity index (χ4v) is 1.23. The lowest BCUT2D eigenvalue weighted by Crippen LogP contribution is -2.30. The first kappa shape index (κ1) is 10.1. The predicted molar refractivity (Wildman–Crippen MR) is 53.0 cm³/mol. The second kappa shape index (κ2) is 3.41. The number of amides is 1. The Labute approximate surface area is 80.3 Å².